The molecule has 146 valence electrons. The van der Waals surface area contributed by atoms with Gasteiger partial charge in [0, 0.05) is 16.6 Å². The normalized spacial score (nSPS) is 12.4. The number of ether oxygens (including phenoxy) is 1. The number of sulfone groups is 1. The topological polar surface area (TPSA) is 85.6 Å². The summed E-state index contributed by atoms with van der Waals surface area (Å²) >= 11 is 3.31. The van der Waals surface area contributed by atoms with E-state index in [1.54, 1.807) is 48.5 Å². The molecule has 1 atom stereocenters. The maximum atomic E-state index is 13.2. The van der Waals surface area contributed by atoms with Gasteiger partial charge in [0.15, 0.2) is 9.84 Å². The fourth-order valence-electron chi connectivity index (χ4n) is 2.66. The number of nitrogens with one attached hydrogen (secondary N) is 1. The minimum Gasteiger partial charge on any atom is -0.497 e. The zero-order valence-electron chi connectivity index (χ0n) is 15.0. The highest BCUT2D eigenvalue weighted by molar-refractivity contribution is 9.10. The second kappa shape index (κ2) is 8.62. The number of hydrogen-bond acceptors (Lipinski definition) is 5. The number of benzene rings is 2. The first-order chi connectivity index (χ1) is 13.4. The number of methoxy groups -OCH3 is 1. The van der Waals surface area contributed by atoms with Gasteiger partial charge < -0.3 is 14.5 Å². The van der Waals surface area contributed by atoms with Gasteiger partial charge >= 0.3 is 0 Å². The minimum atomic E-state index is -3.81. The van der Waals surface area contributed by atoms with Crippen LogP contribution in [0.4, 0.5) is 0 Å². The summed E-state index contributed by atoms with van der Waals surface area (Å²) in [6, 6.07) is 16.1. The van der Waals surface area contributed by atoms with Gasteiger partial charge in [-0.2, -0.15) is 0 Å². The Morgan fingerprint density at radius 1 is 1.11 bits per heavy atom. The first kappa shape index (κ1) is 20.2. The Hall–Kier alpha value is -2.58. The summed E-state index contributed by atoms with van der Waals surface area (Å²) in [6.45, 7) is -0.128. The molecule has 2 aromatic carbocycles. The van der Waals surface area contributed by atoms with Crippen molar-refractivity contribution >= 4 is 31.7 Å². The van der Waals surface area contributed by atoms with Crippen LogP contribution in [0.5, 0.6) is 5.75 Å². The van der Waals surface area contributed by atoms with Crippen LogP contribution in [0, 0.1) is 0 Å². The van der Waals surface area contributed by atoms with Crippen molar-refractivity contribution < 1.29 is 22.4 Å². The molecule has 0 aliphatic rings. The minimum absolute atomic E-state index is 0.118. The fraction of sp³-hybridized carbons (Fsp3) is 0.150. The zero-order valence-corrected chi connectivity index (χ0v) is 17.4. The van der Waals surface area contributed by atoms with Crippen molar-refractivity contribution in [1.82, 2.24) is 5.32 Å². The van der Waals surface area contributed by atoms with Crippen LogP contribution in [0.15, 0.2) is 80.7 Å². The summed E-state index contributed by atoms with van der Waals surface area (Å²) < 4.78 is 37.6. The van der Waals surface area contributed by atoms with Crippen molar-refractivity contribution in [3.05, 3.63) is 82.7 Å². The molecule has 1 amide bonds. The van der Waals surface area contributed by atoms with E-state index >= 15 is 0 Å². The van der Waals surface area contributed by atoms with Crippen molar-refractivity contribution in [2.45, 2.75) is 10.1 Å². The van der Waals surface area contributed by atoms with Crippen molar-refractivity contribution in [2.24, 2.45) is 0 Å². The maximum Gasteiger partial charge on any atom is 0.251 e. The van der Waals surface area contributed by atoms with E-state index in [1.165, 1.54) is 25.5 Å². The Morgan fingerprint density at radius 3 is 2.36 bits per heavy atom. The molecule has 3 rings (SSSR count). The Balaban J connectivity index is 1.85. The lowest BCUT2D eigenvalue weighted by Gasteiger charge is -2.17. The van der Waals surface area contributed by atoms with Gasteiger partial charge in [0.2, 0.25) is 0 Å². The van der Waals surface area contributed by atoms with Crippen LogP contribution >= 0.6 is 15.9 Å². The van der Waals surface area contributed by atoms with Crippen molar-refractivity contribution in [3.63, 3.8) is 0 Å². The number of halogens is 1. The molecule has 0 aliphatic heterocycles. The third-order valence-corrected chi connectivity index (χ3v) is 6.78. The van der Waals surface area contributed by atoms with Crippen LogP contribution in [-0.2, 0) is 9.84 Å². The molecule has 28 heavy (non-hydrogen) atoms. The Labute approximate surface area is 171 Å². The highest BCUT2D eigenvalue weighted by atomic mass is 79.9. The quantitative estimate of drug-likeness (QED) is 0.572. The Kier molecular flexibility index (Phi) is 6.21. The van der Waals surface area contributed by atoms with Crippen LogP contribution in [-0.4, -0.2) is 28.0 Å². The van der Waals surface area contributed by atoms with Gasteiger partial charge in [-0.15, -0.1) is 0 Å². The van der Waals surface area contributed by atoms with E-state index in [-0.39, 0.29) is 23.1 Å². The molecule has 1 N–H and O–H groups in total. The lowest BCUT2D eigenvalue weighted by atomic mass is 10.2. The first-order valence-corrected chi connectivity index (χ1v) is 10.7. The molecule has 3 aromatic rings. The average Bonchev–Trinajstić information content (AvgIpc) is 3.22. The van der Waals surface area contributed by atoms with Gasteiger partial charge in [0.05, 0.1) is 18.3 Å². The zero-order chi connectivity index (χ0) is 20.1. The van der Waals surface area contributed by atoms with Crippen LogP contribution in [0.25, 0.3) is 0 Å². The second-order valence-electron chi connectivity index (χ2n) is 5.94. The molecule has 1 heterocycles. The Morgan fingerprint density at radius 2 is 1.79 bits per heavy atom. The lowest BCUT2D eigenvalue weighted by Crippen LogP contribution is -2.31. The van der Waals surface area contributed by atoms with E-state index in [1.807, 2.05) is 0 Å². The van der Waals surface area contributed by atoms with E-state index in [9.17, 15) is 13.2 Å². The van der Waals surface area contributed by atoms with E-state index in [0.717, 1.165) is 4.47 Å². The van der Waals surface area contributed by atoms with Crippen molar-refractivity contribution in [3.8, 4) is 5.75 Å². The van der Waals surface area contributed by atoms with Crippen LogP contribution in [0.1, 0.15) is 21.4 Å². The standard InChI is InChI=1S/C20H18BrNO5S/c1-26-16-8-10-17(11-9-16)28(24,25)19(18-3-2-12-27-18)13-22-20(23)14-4-6-15(21)7-5-14/h2-12,19H,13H2,1H3,(H,22,23). The van der Waals surface area contributed by atoms with E-state index in [2.05, 4.69) is 21.2 Å². The molecule has 0 saturated heterocycles. The van der Waals surface area contributed by atoms with Crippen LogP contribution in [0.2, 0.25) is 0 Å². The average molecular weight is 464 g/mol. The number of hydrogen-bond donors (Lipinski definition) is 1. The molecule has 0 spiro atoms. The van der Waals surface area contributed by atoms with E-state index in [4.69, 9.17) is 9.15 Å². The monoisotopic (exact) mass is 463 g/mol. The van der Waals surface area contributed by atoms with Crippen molar-refractivity contribution in [1.29, 1.82) is 0 Å². The first-order valence-electron chi connectivity index (χ1n) is 8.37. The molecule has 0 fully saturated rings. The van der Waals surface area contributed by atoms with Gasteiger partial charge in [-0.05, 0) is 60.7 Å². The Bertz CT molecular complexity index is 1030. The summed E-state index contributed by atoms with van der Waals surface area (Å²) in [5.41, 5.74) is 0.434. The number of amides is 1. The molecule has 1 unspecified atom stereocenters. The molecule has 8 heteroatoms. The predicted molar refractivity (Wildman–Crippen MR) is 108 cm³/mol. The fourth-order valence-corrected chi connectivity index (χ4v) is 4.51. The van der Waals surface area contributed by atoms with Crippen LogP contribution in [0.3, 0.4) is 0 Å². The summed E-state index contributed by atoms with van der Waals surface area (Å²) in [4.78, 5) is 12.5. The predicted octanol–water partition coefficient (Wildman–Crippen LogP) is 4.00. The summed E-state index contributed by atoms with van der Waals surface area (Å²) in [6.07, 6.45) is 1.41. The molecule has 0 bridgehead atoms. The summed E-state index contributed by atoms with van der Waals surface area (Å²) in [5, 5.41) is 1.63. The van der Waals surface area contributed by atoms with Gasteiger partial charge in [0.25, 0.3) is 5.91 Å². The van der Waals surface area contributed by atoms with E-state index in [0.29, 0.717) is 11.3 Å². The smallest absolute Gasteiger partial charge is 0.251 e. The third kappa shape index (κ3) is 4.45. The van der Waals surface area contributed by atoms with Crippen LogP contribution < -0.4 is 10.1 Å². The molecule has 0 saturated carbocycles. The van der Waals surface area contributed by atoms with Crippen molar-refractivity contribution in [2.75, 3.05) is 13.7 Å². The molecule has 1 aromatic heterocycles. The number of carbonyl (C=O) groups excluding carboxylic acids is 1. The largest absolute Gasteiger partial charge is 0.497 e. The number of rotatable bonds is 7. The highest BCUT2D eigenvalue weighted by Crippen LogP contribution is 2.30. The SMILES string of the molecule is COc1ccc(S(=O)(=O)C(CNC(=O)c2ccc(Br)cc2)c2ccco2)cc1. The van der Waals surface area contributed by atoms with Gasteiger partial charge in [-0.3, -0.25) is 4.79 Å². The molecular formula is C20H18BrNO5S. The number of carbonyl (C=O) groups is 1. The highest BCUT2D eigenvalue weighted by Gasteiger charge is 2.32. The van der Waals surface area contributed by atoms with Gasteiger partial charge in [0.1, 0.15) is 16.8 Å². The maximum absolute atomic E-state index is 13.2. The number of furan rings is 1. The lowest BCUT2D eigenvalue weighted by molar-refractivity contribution is 0.0953. The molecular weight excluding hydrogens is 446 g/mol. The van der Waals surface area contributed by atoms with Gasteiger partial charge in [-0.1, -0.05) is 15.9 Å². The second-order valence-corrected chi connectivity index (χ2v) is 8.99. The summed E-state index contributed by atoms with van der Waals surface area (Å²) in [7, 11) is -2.30. The molecule has 0 radical (unpaired) electrons. The third-order valence-electron chi connectivity index (χ3n) is 4.18. The molecule has 0 aliphatic carbocycles. The van der Waals surface area contributed by atoms with E-state index < -0.39 is 15.1 Å². The summed E-state index contributed by atoms with van der Waals surface area (Å²) in [5.74, 6) is 0.443. The van der Waals surface area contributed by atoms with Gasteiger partial charge in [-0.25, -0.2) is 8.42 Å². The molecule has 6 nitrogen and oxygen atoms in total.